The summed E-state index contributed by atoms with van der Waals surface area (Å²) >= 11 is 0. The van der Waals surface area contributed by atoms with Gasteiger partial charge in [-0.2, -0.15) is 0 Å². The van der Waals surface area contributed by atoms with Crippen molar-refractivity contribution in [1.29, 1.82) is 5.41 Å². The average molecular weight is 134 g/mol. The topological polar surface area (TPSA) is 49.9 Å². The van der Waals surface area contributed by atoms with Gasteiger partial charge >= 0.3 is 0 Å². The molecule has 0 aromatic rings. The van der Waals surface area contributed by atoms with Gasteiger partial charge in [0.2, 0.25) is 0 Å². The van der Waals surface area contributed by atoms with Crippen LogP contribution in [0, 0.1) is 17.8 Å². The molecule has 0 amide bonds. The highest BCUT2D eigenvalue weighted by Crippen LogP contribution is 1.93. The van der Waals surface area contributed by atoms with E-state index < -0.39 is 0 Å². The highest BCUT2D eigenvalue weighted by molar-refractivity contribution is 5.97. The summed E-state index contributed by atoms with van der Waals surface area (Å²) in [4.78, 5) is 0. The minimum absolute atomic E-state index is 0.00366. The third-order valence-electron chi connectivity index (χ3n) is 0.896. The molecule has 2 heteroatoms. The van der Waals surface area contributed by atoms with E-state index in [0.29, 0.717) is 5.57 Å². The van der Waals surface area contributed by atoms with Crippen LogP contribution >= 0.6 is 0 Å². The minimum atomic E-state index is -0.00366. The number of nitrogens with one attached hydrogen (secondary N) is 1. The summed E-state index contributed by atoms with van der Waals surface area (Å²) in [5.41, 5.74) is 5.75. The summed E-state index contributed by atoms with van der Waals surface area (Å²) in [6.07, 6.45) is 9.92. The number of amidine groups is 1. The molecule has 10 heavy (non-hydrogen) atoms. The fraction of sp³-hybridized carbons (Fsp3) is 0.125. The Bertz CT molecular complexity index is 216. The number of nitrogens with two attached hydrogens (primary N) is 1. The first kappa shape index (κ1) is 8.51. The second-order valence-corrected chi connectivity index (χ2v) is 1.68. The molecular weight excluding hydrogens is 124 g/mol. The molecule has 0 aliphatic rings. The summed E-state index contributed by atoms with van der Waals surface area (Å²) in [5, 5.41) is 7.02. The predicted octanol–water partition coefficient (Wildman–Crippen LogP) is 1.06. The van der Waals surface area contributed by atoms with Gasteiger partial charge in [0.15, 0.2) is 0 Å². The molecular formula is C8H10N2. The quantitative estimate of drug-likeness (QED) is 0.252. The summed E-state index contributed by atoms with van der Waals surface area (Å²) in [7, 11) is 0. The molecule has 3 N–H and O–H groups in total. The Morgan fingerprint density at radius 3 is 2.60 bits per heavy atom. The Morgan fingerprint density at radius 1 is 1.70 bits per heavy atom. The summed E-state index contributed by atoms with van der Waals surface area (Å²) in [6.45, 7) is 1.84. The molecule has 0 aromatic carbocycles. The van der Waals surface area contributed by atoms with E-state index in [1.807, 2.05) is 6.92 Å². The van der Waals surface area contributed by atoms with Gasteiger partial charge in [-0.3, -0.25) is 5.41 Å². The average Bonchev–Trinajstić information content (AvgIpc) is 1.87. The van der Waals surface area contributed by atoms with Crippen molar-refractivity contribution in [1.82, 2.24) is 0 Å². The van der Waals surface area contributed by atoms with Gasteiger partial charge in [-0.25, -0.2) is 0 Å². The fourth-order valence-electron chi connectivity index (χ4n) is 0.485. The summed E-state index contributed by atoms with van der Waals surface area (Å²) in [5.74, 6) is 2.30. The van der Waals surface area contributed by atoms with Crippen molar-refractivity contribution in [2.75, 3.05) is 0 Å². The third kappa shape index (κ3) is 2.73. The highest BCUT2D eigenvalue weighted by Gasteiger charge is 1.91. The first-order valence-corrected chi connectivity index (χ1v) is 2.85. The van der Waals surface area contributed by atoms with Crippen molar-refractivity contribution >= 4 is 5.84 Å². The lowest BCUT2D eigenvalue weighted by molar-refractivity contribution is 1.43. The Morgan fingerprint density at radius 2 is 2.30 bits per heavy atom. The van der Waals surface area contributed by atoms with Crippen LogP contribution in [0.4, 0.5) is 0 Å². The van der Waals surface area contributed by atoms with Gasteiger partial charge in [0.25, 0.3) is 0 Å². The molecule has 0 bridgehead atoms. The van der Waals surface area contributed by atoms with Crippen molar-refractivity contribution in [3.8, 4) is 12.3 Å². The van der Waals surface area contributed by atoms with Gasteiger partial charge in [0.1, 0.15) is 5.84 Å². The van der Waals surface area contributed by atoms with Crippen LogP contribution in [-0.2, 0) is 0 Å². The van der Waals surface area contributed by atoms with Gasteiger partial charge < -0.3 is 5.73 Å². The van der Waals surface area contributed by atoms with E-state index in [4.69, 9.17) is 17.6 Å². The summed E-state index contributed by atoms with van der Waals surface area (Å²) < 4.78 is 0. The van der Waals surface area contributed by atoms with Gasteiger partial charge in [-0.1, -0.05) is 18.1 Å². The molecule has 52 valence electrons. The van der Waals surface area contributed by atoms with Crippen LogP contribution in [-0.4, -0.2) is 5.84 Å². The van der Waals surface area contributed by atoms with Crippen molar-refractivity contribution in [2.45, 2.75) is 6.92 Å². The molecule has 0 heterocycles. The predicted molar refractivity (Wildman–Crippen MR) is 43.6 cm³/mol. The highest BCUT2D eigenvalue weighted by atomic mass is 14.7. The zero-order valence-electron chi connectivity index (χ0n) is 5.89. The second-order valence-electron chi connectivity index (χ2n) is 1.68. The monoisotopic (exact) mass is 134 g/mol. The van der Waals surface area contributed by atoms with Gasteiger partial charge in [-0.05, 0) is 13.0 Å². The van der Waals surface area contributed by atoms with Crippen molar-refractivity contribution in [3.05, 3.63) is 23.8 Å². The molecule has 0 rings (SSSR count). The van der Waals surface area contributed by atoms with Gasteiger partial charge in [0, 0.05) is 5.57 Å². The Labute approximate surface area is 60.9 Å². The molecule has 0 aliphatic heterocycles. The van der Waals surface area contributed by atoms with Crippen LogP contribution in [0.1, 0.15) is 6.92 Å². The third-order valence-corrected chi connectivity index (χ3v) is 0.896. The lowest BCUT2D eigenvalue weighted by Gasteiger charge is -1.93. The van der Waals surface area contributed by atoms with E-state index in [1.54, 1.807) is 12.2 Å². The molecule has 0 atom stereocenters. The number of hydrogen-bond acceptors (Lipinski definition) is 1. The van der Waals surface area contributed by atoms with Gasteiger partial charge in [0.05, 0.1) is 0 Å². The normalized spacial score (nSPS) is 11.4. The molecule has 0 spiro atoms. The maximum atomic E-state index is 7.02. The number of hydrogen-bond donors (Lipinski definition) is 2. The van der Waals surface area contributed by atoms with Crippen LogP contribution in [0.5, 0.6) is 0 Å². The van der Waals surface area contributed by atoms with Crippen LogP contribution < -0.4 is 5.73 Å². The summed E-state index contributed by atoms with van der Waals surface area (Å²) in [6, 6.07) is 0. The standard InChI is InChI=1S/C8H10N2/c1-3-5-7(6-4-2)8(9)10/h1,4-6H,2H3,(H3,9,10)/b6-4-,7-5+. The zero-order chi connectivity index (χ0) is 7.98. The lowest BCUT2D eigenvalue weighted by atomic mass is 10.2. The molecule has 0 saturated carbocycles. The number of allylic oxidation sites excluding steroid dienone is 2. The van der Waals surface area contributed by atoms with E-state index in [-0.39, 0.29) is 5.84 Å². The van der Waals surface area contributed by atoms with Gasteiger partial charge in [-0.15, -0.1) is 6.42 Å². The Balaban J connectivity index is 4.46. The lowest BCUT2D eigenvalue weighted by Crippen LogP contribution is -2.11. The first-order chi connectivity index (χ1) is 4.72. The minimum Gasteiger partial charge on any atom is -0.384 e. The molecule has 0 radical (unpaired) electrons. The molecule has 0 fully saturated rings. The first-order valence-electron chi connectivity index (χ1n) is 2.85. The Kier molecular flexibility index (Phi) is 3.74. The molecule has 0 aromatic heterocycles. The van der Waals surface area contributed by atoms with Crippen LogP contribution in [0.15, 0.2) is 23.8 Å². The van der Waals surface area contributed by atoms with E-state index in [0.717, 1.165) is 0 Å². The molecule has 2 nitrogen and oxygen atoms in total. The smallest absolute Gasteiger partial charge is 0.123 e. The molecule has 0 saturated heterocycles. The van der Waals surface area contributed by atoms with Crippen LogP contribution in [0.25, 0.3) is 0 Å². The van der Waals surface area contributed by atoms with E-state index in [2.05, 4.69) is 5.92 Å². The fourth-order valence-corrected chi connectivity index (χ4v) is 0.485. The van der Waals surface area contributed by atoms with Crippen molar-refractivity contribution in [3.63, 3.8) is 0 Å². The van der Waals surface area contributed by atoms with Crippen molar-refractivity contribution < 1.29 is 0 Å². The maximum absolute atomic E-state index is 7.02. The molecule has 0 unspecified atom stereocenters. The second kappa shape index (κ2) is 4.39. The van der Waals surface area contributed by atoms with E-state index >= 15 is 0 Å². The van der Waals surface area contributed by atoms with E-state index in [9.17, 15) is 0 Å². The van der Waals surface area contributed by atoms with Crippen molar-refractivity contribution in [2.24, 2.45) is 5.73 Å². The Hall–Kier alpha value is -1.49. The number of rotatable bonds is 2. The van der Waals surface area contributed by atoms with Crippen LogP contribution in [0.3, 0.4) is 0 Å². The zero-order valence-corrected chi connectivity index (χ0v) is 5.89. The molecule has 0 aliphatic carbocycles. The maximum Gasteiger partial charge on any atom is 0.123 e. The SMILES string of the molecule is C#C/C=C(\C=C/C)C(=N)N. The largest absolute Gasteiger partial charge is 0.384 e. The van der Waals surface area contributed by atoms with Crippen LogP contribution in [0.2, 0.25) is 0 Å². The van der Waals surface area contributed by atoms with E-state index in [1.165, 1.54) is 6.08 Å². The number of terminal acetylenes is 1.